The van der Waals surface area contributed by atoms with Crippen LogP contribution in [-0.4, -0.2) is 35.2 Å². The standard InChI is InChI=1S/C25H31NO5/c1-5-19-14-21(16-22(15-19)31-30-18(2)27)12-9-13-26-23(25(3,4)29-24(26)28)17-20-10-7-6-8-11-20/h6-8,10-11,14-16,23H,5,9,12-13,17H2,1-4H3/t23-/m0/s1. The lowest BCUT2D eigenvalue weighted by atomic mass is 9.92. The Morgan fingerprint density at radius 1 is 1.10 bits per heavy atom. The highest BCUT2D eigenvalue weighted by Crippen LogP contribution is 2.32. The van der Waals surface area contributed by atoms with Crippen molar-refractivity contribution in [3.63, 3.8) is 0 Å². The smallest absolute Gasteiger partial charge is 0.410 e. The van der Waals surface area contributed by atoms with Crippen molar-refractivity contribution in [1.82, 2.24) is 4.90 Å². The van der Waals surface area contributed by atoms with E-state index in [9.17, 15) is 9.59 Å². The van der Waals surface area contributed by atoms with E-state index in [0.29, 0.717) is 12.3 Å². The summed E-state index contributed by atoms with van der Waals surface area (Å²) in [6.07, 6.45) is 2.90. The Morgan fingerprint density at radius 3 is 2.48 bits per heavy atom. The van der Waals surface area contributed by atoms with Gasteiger partial charge in [-0.15, -0.1) is 0 Å². The number of ether oxygens (including phenoxy) is 1. The van der Waals surface area contributed by atoms with E-state index in [1.54, 1.807) is 0 Å². The third-order valence-electron chi connectivity index (χ3n) is 5.59. The Kier molecular flexibility index (Phi) is 7.21. The number of hydrogen-bond donors (Lipinski definition) is 0. The summed E-state index contributed by atoms with van der Waals surface area (Å²) in [6, 6.07) is 16.0. The quantitative estimate of drug-likeness (QED) is 0.423. The minimum atomic E-state index is -0.542. The number of benzene rings is 2. The largest absolute Gasteiger partial charge is 0.441 e. The number of carbonyl (C=O) groups is 2. The molecule has 6 heteroatoms. The predicted molar refractivity (Wildman–Crippen MR) is 118 cm³/mol. The molecule has 3 rings (SSSR count). The Bertz CT molecular complexity index is 909. The molecule has 0 saturated carbocycles. The molecule has 1 saturated heterocycles. The molecule has 1 aliphatic rings. The fourth-order valence-electron chi connectivity index (χ4n) is 3.98. The third-order valence-corrected chi connectivity index (χ3v) is 5.59. The van der Waals surface area contributed by atoms with Gasteiger partial charge in [0.1, 0.15) is 5.60 Å². The lowest BCUT2D eigenvalue weighted by Gasteiger charge is -2.29. The van der Waals surface area contributed by atoms with Crippen molar-refractivity contribution in [3.05, 3.63) is 65.2 Å². The van der Waals surface area contributed by atoms with Crippen molar-refractivity contribution in [2.45, 2.75) is 65.0 Å². The van der Waals surface area contributed by atoms with Gasteiger partial charge in [0, 0.05) is 13.5 Å². The number of carbonyl (C=O) groups excluding carboxylic acids is 2. The summed E-state index contributed by atoms with van der Waals surface area (Å²) in [7, 11) is 0. The van der Waals surface area contributed by atoms with Crippen molar-refractivity contribution < 1.29 is 24.1 Å². The molecule has 31 heavy (non-hydrogen) atoms. The summed E-state index contributed by atoms with van der Waals surface area (Å²) < 4.78 is 5.68. The summed E-state index contributed by atoms with van der Waals surface area (Å²) in [5, 5.41) is 0. The molecule has 0 radical (unpaired) electrons. The van der Waals surface area contributed by atoms with Gasteiger partial charge in [0.2, 0.25) is 0 Å². The van der Waals surface area contributed by atoms with Crippen molar-refractivity contribution >= 4 is 12.1 Å². The van der Waals surface area contributed by atoms with E-state index >= 15 is 0 Å². The van der Waals surface area contributed by atoms with Crippen LogP contribution in [0.4, 0.5) is 4.79 Å². The second kappa shape index (κ2) is 9.86. The molecular formula is C25H31NO5. The molecule has 1 heterocycles. The number of hydrogen-bond acceptors (Lipinski definition) is 5. The van der Waals surface area contributed by atoms with Crippen LogP contribution in [0.1, 0.15) is 50.8 Å². The fraction of sp³-hybridized carbons (Fsp3) is 0.440. The number of nitrogens with zero attached hydrogens (tertiary/aromatic N) is 1. The van der Waals surface area contributed by atoms with Crippen LogP contribution in [0.25, 0.3) is 0 Å². The van der Waals surface area contributed by atoms with E-state index in [1.165, 1.54) is 12.5 Å². The summed E-state index contributed by atoms with van der Waals surface area (Å²) in [5.41, 5.74) is 2.82. The van der Waals surface area contributed by atoms with Gasteiger partial charge in [0.25, 0.3) is 0 Å². The van der Waals surface area contributed by atoms with E-state index in [2.05, 4.69) is 30.0 Å². The van der Waals surface area contributed by atoms with E-state index < -0.39 is 11.6 Å². The monoisotopic (exact) mass is 425 g/mol. The highest BCUT2D eigenvalue weighted by molar-refractivity contribution is 5.71. The minimum absolute atomic E-state index is 0.0211. The second-order valence-electron chi connectivity index (χ2n) is 8.47. The summed E-state index contributed by atoms with van der Waals surface area (Å²) >= 11 is 0. The van der Waals surface area contributed by atoms with Gasteiger partial charge in [0.05, 0.1) is 6.04 Å². The number of aryl methyl sites for hydroxylation is 2. The van der Waals surface area contributed by atoms with Crippen molar-refractivity contribution in [2.75, 3.05) is 6.54 Å². The summed E-state index contributed by atoms with van der Waals surface area (Å²) in [5.74, 6) is 0.0105. The van der Waals surface area contributed by atoms with Crippen LogP contribution in [0, 0.1) is 0 Å². The molecule has 1 amide bonds. The molecule has 1 aliphatic heterocycles. The lowest BCUT2D eigenvalue weighted by molar-refractivity contribution is -0.210. The van der Waals surface area contributed by atoms with Crippen LogP contribution in [-0.2, 0) is 33.7 Å². The molecule has 2 aromatic carbocycles. The third kappa shape index (κ3) is 6.00. The normalized spacial score (nSPS) is 17.4. The van der Waals surface area contributed by atoms with Crippen LogP contribution in [0.2, 0.25) is 0 Å². The van der Waals surface area contributed by atoms with Gasteiger partial charge >= 0.3 is 12.1 Å². The SMILES string of the molecule is CCc1cc(CCCN2C(=O)OC(C)(C)[C@@H]2Cc2ccccc2)cc(OOC(C)=O)c1. The van der Waals surface area contributed by atoms with Gasteiger partial charge in [-0.1, -0.05) is 43.3 Å². The molecule has 0 spiro atoms. The highest BCUT2D eigenvalue weighted by atomic mass is 17.2. The number of cyclic esters (lactones) is 1. The maximum Gasteiger partial charge on any atom is 0.410 e. The zero-order valence-corrected chi connectivity index (χ0v) is 18.7. The van der Waals surface area contributed by atoms with Gasteiger partial charge < -0.3 is 9.64 Å². The van der Waals surface area contributed by atoms with Gasteiger partial charge in [0.15, 0.2) is 5.75 Å². The Labute approximate surface area is 184 Å². The van der Waals surface area contributed by atoms with Crippen LogP contribution in [0.15, 0.2) is 48.5 Å². The van der Waals surface area contributed by atoms with E-state index in [-0.39, 0.29) is 12.1 Å². The zero-order chi connectivity index (χ0) is 22.4. The molecule has 0 aliphatic carbocycles. The van der Waals surface area contributed by atoms with E-state index in [1.807, 2.05) is 49.1 Å². The van der Waals surface area contributed by atoms with Crippen LogP contribution >= 0.6 is 0 Å². The van der Waals surface area contributed by atoms with Crippen molar-refractivity contribution in [3.8, 4) is 5.75 Å². The zero-order valence-electron chi connectivity index (χ0n) is 18.7. The summed E-state index contributed by atoms with van der Waals surface area (Å²) in [6.45, 7) is 7.91. The highest BCUT2D eigenvalue weighted by Gasteiger charge is 2.47. The van der Waals surface area contributed by atoms with Crippen molar-refractivity contribution in [2.24, 2.45) is 0 Å². The molecule has 6 nitrogen and oxygen atoms in total. The van der Waals surface area contributed by atoms with Crippen LogP contribution < -0.4 is 4.89 Å². The molecule has 0 bridgehead atoms. The number of rotatable bonds is 9. The average molecular weight is 426 g/mol. The first kappa shape index (κ1) is 22.7. The molecule has 0 N–H and O–H groups in total. The lowest BCUT2D eigenvalue weighted by Crippen LogP contribution is -2.43. The van der Waals surface area contributed by atoms with E-state index in [4.69, 9.17) is 9.62 Å². The molecule has 166 valence electrons. The molecular weight excluding hydrogens is 394 g/mol. The average Bonchev–Trinajstić information content (AvgIpc) is 2.95. The van der Waals surface area contributed by atoms with Crippen molar-refractivity contribution in [1.29, 1.82) is 0 Å². The maximum atomic E-state index is 12.6. The van der Waals surface area contributed by atoms with Gasteiger partial charge in [-0.3, -0.25) is 9.78 Å². The maximum absolute atomic E-state index is 12.6. The van der Waals surface area contributed by atoms with E-state index in [0.717, 1.165) is 36.8 Å². The van der Waals surface area contributed by atoms with Gasteiger partial charge in [-0.2, -0.15) is 0 Å². The predicted octanol–water partition coefficient (Wildman–Crippen LogP) is 4.88. The summed E-state index contributed by atoms with van der Waals surface area (Å²) in [4.78, 5) is 35.2. The molecule has 1 fully saturated rings. The Balaban J connectivity index is 1.66. The first-order valence-electron chi connectivity index (χ1n) is 10.8. The minimum Gasteiger partial charge on any atom is -0.441 e. The molecule has 0 aromatic heterocycles. The van der Waals surface area contributed by atoms with Crippen LogP contribution in [0.3, 0.4) is 0 Å². The first-order chi connectivity index (χ1) is 14.8. The van der Waals surface area contributed by atoms with Crippen LogP contribution in [0.5, 0.6) is 5.75 Å². The molecule has 0 unspecified atom stereocenters. The molecule has 2 aromatic rings. The Hall–Kier alpha value is -3.02. The van der Waals surface area contributed by atoms with Gasteiger partial charge in [-0.05, 0) is 68.4 Å². The topological polar surface area (TPSA) is 65.1 Å². The fourth-order valence-corrected chi connectivity index (χ4v) is 3.98. The number of amides is 1. The first-order valence-corrected chi connectivity index (χ1v) is 10.8. The Morgan fingerprint density at radius 2 is 1.81 bits per heavy atom. The second-order valence-corrected chi connectivity index (χ2v) is 8.47. The molecule has 1 atom stereocenters. The van der Waals surface area contributed by atoms with Gasteiger partial charge in [-0.25, -0.2) is 9.59 Å².